The largest absolute Gasteiger partial charge is 0.381 e. The Morgan fingerprint density at radius 1 is 0.588 bits per heavy atom. The van der Waals surface area contributed by atoms with Crippen molar-refractivity contribution in [1.29, 1.82) is 0 Å². The van der Waals surface area contributed by atoms with E-state index in [9.17, 15) is 9.59 Å². The molecule has 6 heteroatoms. The molecule has 2 amide bonds. The van der Waals surface area contributed by atoms with Gasteiger partial charge < -0.3 is 20.1 Å². The maximum atomic E-state index is 12.1. The van der Waals surface area contributed by atoms with E-state index < -0.39 is 0 Å². The predicted octanol–water partition coefficient (Wildman–Crippen LogP) is 4.67. The van der Waals surface area contributed by atoms with E-state index in [1.165, 1.54) is 11.1 Å². The van der Waals surface area contributed by atoms with Crippen LogP contribution in [0.1, 0.15) is 68.7 Å². The molecule has 0 radical (unpaired) electrons. The second kappa shape index (κ2) is 15.3. The van der Waals surface area contributed by atoms with E-state index >= 15 is 0 Å². The number of aryl methyl sites for hydroxylation is 4. The minimum Gasteiger partial charge on any atom is -0.381 e. The van der Waals surface area contributed by atoms with Gasteiger partial charge in [-0.25, -0.2) is 0 Å². The molecule has 186 valence electrons. The van der Waals surface area contributed by atoms with Gasteiger partial charge in [-0.15, -0.1) is 0 Å². The molecule has 6 nitrogen and oxygen atoms in total. The lowest BCUT2D eigenvalue weighted by molar-refractivity contribution is 0.0902. The highest BCUT2D eigenvalue weighted by Gasteiger charge is 2.06. The molecule has 0 aromatic heterocycles. The van der Waals surface area contributed by atoms with Crippen LogP contribution in [0.4, 0.5) is 0 Å². The molecule has 0 aliphatic heterocycles. The topological polar surface area (TPSA) is 76.7 Å². The Hall–Kier alpha value is -2.70. The average molecular weight is 469 g/mol. The summed E-state index contributed by atoms with van der Waals surface area (Å²) in [7, 11) is 0. The first-order chi connectivity index (χ1) is 16.4. The highest BCUT2D eigenvalue weighted by atomic mass is 16.5. The van der Waals surface area contributed by atoms with Gasteiger partial charge in [-0.2, -0.15) is 0 Å². The van der Waals surface area contributed by atoms with E-state index in [0.717, 1.165) is 36.8 Å². The molecule has 0 heterocycles. The van der Waals surface area contributed by atoms with E-state index in [0.29, 0.717) is 50.6 Å². The van der Waals surface area contributed by atoms with Crippen molar-refractivity contribution in [3.05, 3.63) is 69.8 Å². The molecule has 0 saturated heterocycles. The summed E-state index contributed by atoms with van der Waals surface area (Å²) in [6, 6.07) is 11.5. The summed E-state index contributed by atoms with van der Waals surface area (Å²) >= 11 is 0. The third kappa shape index (κ3) is 10.1. The third-order valence-corrected chi connectivity index (χ3v) is 5.87. The van der Waals surface area contributed by atoms with Gasteiger partial charge in [-0.3, -0.25) is 9.59 Å². The standard InChI is InChI=1S/C28H40N2O4/c1-21-9-11-25(19-23(21)3)27(31)29-13-7-17-33-15-5-6-16-34-18-8-14-30-28(32)26-12-10-22(2)24(4)20-26/h9-12,19-20H,5-8,13-18H2,1-4H3,(H,29,31)(H,30,32). The van der Waals surface area contributed by atoms with E-state index in [1.807, 2.05) is 64.1 Å². The van der Waals surface area contributed by atoms with Crippen LogP contribution in [0, 0.1) is 27.7 Å². The molecule has 0 unspecified atom stereocenters. The zero-order valence-corrected chi connectivity index (χ0v) is 21.2. The first kappa shape index (κ1) is 27.5. The van der Waals surface area contributed by atoms with E-state index in [1.54, 1.807) is 0 Å². The smallest absolute Gasteiger partial charge is 0.251 e. The molecule has 0 aliphatic carbocycles. The van der Waals surface area contributed by atoms with Crippen molar-refractivity contribution < 1.29 is 19.1 Å². The zero-order valence-electron chi connectivity index (χ0n) is 21.2. The summed E-state index contributed by atoms with van der Waals surface area (Å²) in [5.41, 5.74) is 6.03. The summed E-state index contributed by atoms with van der Waals surface area (Å²) in [6.45, 7) is 12.0. The molecule has 2 aromatic rings. The van der Waals surface area contributed by atoms with Gasteiger partial charge in [0.1, 0.15) is 0 Å². The van der Waals surface area contributed by atoms with Crippen LogP contribution < -0.4 is 10.6 Å². The highest BCUT2D eigenvalue weighted by molar-refractivity contribution is 5.94. The number of amides is 2. The van der Waals surface area contributed by atoms with Crippen molar-refractivity contribution >= 4 is 11.8 Å². The van der Waals surface area contributed by atoms with Crippen LogP contribution in [0.2, 0.25) is 0 Å². The molecule has 2 N–H and O–H groups in total. The lowest BCUT2D eigenvalue weighted by Crippen LogP contribution is -2.25. The zero-order chi connectivity index (χ0) is 24.8. The number of rotatable bonds is 15. The molecule has 0 atom stereocenters. The van der Waals surface area contributed by atoms with Gasteiger partial charge in [-0.05, 0) is 99.9 Å². The molecule has 2 rings (SSSR count). The van der Waals surface area contributed by atoms with Crippen LogP contribution >= 0.6 is 0 Å². The number of unbranched alkanes of at least 4 members (excludes halogenated alkanes) is 1. The van der Waals surface area contributed by atoms with E-state index in [-0.39, 0.29) is 11.8 Å². The van der Waals surface area contributed by atoms with Crippen molar-refractivity contribution in [3.8, 4) is 0 Å². The minimum absolute atomic E-state index is 0.0370. The second-order valence-electron chi connectivity index (χ2n) is 8.75. The number of carbonyl (C=O) groups excluding carboxylic acids is 2. The third-order valence-electron chi connectivity index (χ3n) is 5.87. The van der Waals surface area contributed by atoms with E-state index in [4.69, 9.17) is 9.47 Å². The molecule has 0 bridgehead atoms. The quantitative estimate of drug-likeness (QED) is 0.372. The van der Waals surface area contributed by atoms with Crippen molar-refractivity contribution in [2.45, 2.75) is 53.4 Å². The van der Waals surface area contributed by atoms with Crippen molar-refractivity contribution in [2.24, 2.45) is 0 Å². The van der Waals surface area contributed by atoms with Gasteiger partial charge >= 0.3 is 0 Å². The van der Waals surface area contributed by atoms with Crippen LogP contribution in [-0.2, 0) is 9.47 Å². The lowest BCUT2D eigenvalue weighted by Gasteiger charge is -2.09. The first-order valence-electron chi connectivity index (χ1n) is 12.2. The number of carbonyl (C=O) groups is 2. The molecular weight excluding hydrogens is 428 g/mol. The molecule has 34 heavy (non-hydrogen) atoms. The Morgan fingerprint density at radius 2 is 0.971 bits per heavy atom. The maximum Gasteiger partial charge on any atom is 0.251 e. The summed E-state index contributed by atoms with van der Waals surface area (Å²) in [5, 5.41) is 5.87. The molecule has 0 aliphatic rings. The van der Waals surface area contributed by atoms with Gasteiger partial charge in [0.2, 0.25) is 0 Å². The molecule has 0 spiro atoms. The maximum absolute atomic E-state index is 12.1. The Kier molecular flexibility index (Phi) is 12.4. The summed E-state index contributed by atoms with van der Waals surface area (Å²) in [6.07, 6.45) is 3.47. The number of nitrogens with one attached hydrogen (secondary N) is 2. The highest BCUT2D eigenvalue weighted by Crippen LogP contribution is 2.10. The normalized spacial score (nSPS) is 10.8. The fraction of sp³-hybridized carbons (Fsp3) is 0.500. The Morgan fingerprint density at radius 3 is 1.35 bits per heavy atom. The van der Waals surface area contributed by atoms with Crippen LogP contribution in [0.25, 0.3) is 0 Å². The Balaban J connectivity index is 1.38. The van der Waals surface area contributed by atoms with Gasteiger partial charge in [0.25, 0.3) is 11.8 Å². The van der Waals surface area contributed by atoms with Gasteiger partial charge in [0.05, 0.1) is 0 Å². The molecule has 0 saturated carbocycles. The second-order valence-corrected chi connectivity index (χ2v) is 8.75. The Labute approximate surface area is 204 Å². The van der Waals surface area contributed by atoms with Crippen molar-refractivity contribution in [2.75, 3.05) is 39.5 Å². The molecule has 2 aromatic carbocycles. The fourth-order valence-electron chi connectivity index (χ4n) is 3.33. The van der Waals surface area contributed by atoms with Crippen molar-refractivity contribution in [1.82, 2.24) is 10.6 Å². The number of hydrogen-bond acceptors (Lipinski definition) is 4. The van der Waals surface area contributed by atoms with Gasteiger partial charge in [-0.1, -0.05) is 12.1 Å². The summed E-state index contributed by atoms with van der Waals surface area (Å²) in [5.74, 6) is -0.0740. The lowest BCUT2D eigenvalue weighted by atomic mass is 10.1. The summed E-state index contributed by atoms with van der Waals surface area (Å²) in [4.78, 5) is 24.3. The first-order valence-corrected chi connectivity index (χ1v) is 12.2. The van der Waals surface area contributed by atoms with Crippen LogP contribution in [0.5, 0.6) is 0 Å². The van der Waals surface area contributed by atoms with E-state index in [2.05, 4.69) is 10.6 Å². The van der Waals surface area contributed by atoms with Crippen molar-refractivity contribution in [3.63, 3.8) is 0 Å². The fourth-order valence-corrected chi connectivity index (χ4v) is 3.33. The summed E-state index contributed by atoms with van der Waals surface area (Å²) < 4.78 is 11.3. The number of benzene rings is 2. The predicted molar refractivity (Wildman–Crippen MR) is 137 cm³/mol. The number of ether oxygens (including phenoxy) is 2. The SMILES string of the molecule is Cc1ccc(C(=O)NCCCOCCCCOCCCNC(=O)c2ccc(C)c(C)c2)cc1C. The number of hydrogen-bond donors (Lipinski definition) is 2. The van der Waals surface area contributed by atoms with Crippen LogP contribution in [-0.4, -0.2) is 51.3 Å². The Bertz CT molecular complexity index is 851. The minimum atomic E-state index is -0.0370. The molecule has 0 fully saturated rings. The van der Waals surface area contributed by atoms with Gasteiger partial charge in [0.15, 0.2) is 0 Å². The average Bonchev–Trinajstić information content (AvgIpc) is 2.82. The molecular formula is C28H40N2O4. The monoisotopic (exact) mass is 468 g/mol. The van der Waals surface area contributed by atoms with Crippen LogP contribution in [0.15, 0.2) is 36.4 Å². The van der Waals surface area contributed by atoms with Crippen LogP contribution in [0.3, 0.4) is 0 Å². The van der Waals surface area contributed by atoms with Gasteiger partial charge in [0, 0.05) is 50.6 Å².